The van der Waals surface area contributed by atoms with Crippen LogP contribution in [0.5, 0.6) is 0 Å². The number of aromatic nitrogens is 2. The van der Waals surface area contributed by atoms with Crippen molar-refractivity contribution < 1.29 is 14.3 Å². The highest BCUT2D eigenvalue weighted by Gasteiger charge is 2.30. The van der Waals surface area contributed by atoms with Crippen molar-refractivity contribution in [2.45, 2.75) is 52.2 Å². The molecule has 1 saturated carbocycles. The van der Waals surface area contributed by atoms with Crippen molar-refractivity contribution in [3.63, 3.8) is 0 Å². The zero-order valence-corrected chi connectivity index (χ0v) is 14.3. The highest BCUT2D eigenvalue weighted by atomic mass is 16.5. The van der Waals surface area contributed by atoms with Gasteiger partial charge in [-0.2, -0.15) is 5.10 Å². The molecule has 2 aliphatic rings. The van der Waals surface area contributed by atoms with Gasteiger partial charge in [0.05, 0.1) is 24.5 Å². The number of amides is 2. The van der Waals surface area contributed by atoms with Crippen molar-refractivity contribution in [2.24, 2.45) is 5.92 Å². The molecule has 0 radical (unpaired) electrons. The number of nitrogens with zero attached hydrogens (tertiary/aromatic N) is 3. The fourth-order valence-electron chi connectivity index (χ4n) is 3.14. The van der Waals surface area contributed by atoms with E-state index in [1.807, 2.05) is 22.6 Å². The van der Waals surface area contributed by atoms with E-state index < -0.39 is 0 Å². The topological polar surface area (TPSA) is 76.5 Å². The van der Waals surface area contributed by atoms with E-state index in [9.17, 15) is 9.59 Å². The van der Waals surface area contributed by atoms with Crippen molar-refractivity contribution in [2.75, 3.05) is 19.8 Å². The number of aryl methyl sites for hydroxylation is 1. The second-order valence-corrected chi connectivity index (χ2v) is 6.51. The molecule has 1 aliphatic carbocycles. The van der Waals surface area contributed by atoms with Gasteiger partial charge < -0.3 is 15.0 Å². The van der Waals surface area contributed by atoms with Crippen LogP contribution in [0.1, 0.15) is 44.0 Å². The van der Waals surface area contributed by atoms with Gasteiger partial charge in [0, 0.05) is 25.6 Å². The van der Waals surface area contributed by atoms with E-state index in [1.54, 1.807) is 0 Å². The third-order valence-electron chi connectivity index (χ3n) is 4.73. The van der Waals surface area contributed by atoms with Gasteiger partial charge in [0.15, 0.2) is 0 Å². The monoisotopic (exact) mass is 334 g/mol. The predicted molar refractivity (Wildman–Crippen MR) is 87.9 cm³/mol. The normalized spacial score (nSPS) is 17.8. The van der Waals surface area contributed by atoms with Crippen LogP contribution in [0.4, 0.5) is 0 Å². The molecule has 24 heavy (non-hydrogen) atoms. The number of hydrogen-bond acceptors (Lipinski definition) is 4. The van der Waals surface area contributed by atoms with Gasteiger partial charge in [0.2, 0.25) is 11.8 Å². The Morgan fingerprint density at radius 2 is 2.17 bits per heavy atom. The molecule has 1 N–H and O–H groups in total. The van der Waals surface area contributed by atoms with Gasteiger partial charge in [-0.3, -0.25) is 14.3 Å². The lowest BCUT2D eigenvalue weighted by molar-refractivity contribution is -0.138. The van der Waals surface area contributed by atoms with Gasteiger partial charge in [-0.25, -0.2) is 0 Å². The standard InChI is InChI=1S/C17H26N4O3/c1-2-24-12-16(22)18-10-14-9-15-11-20(7-4-8-21(15)19-14)17(23)13-5-3-6-13/h9,13H,2-8,10-12H2,1H3,(H,18,22). The van der Waals surface area contributed by atoms with E-state index >= 15 is 0 Å². The molecule has 7 nitrogen and oxygen atoms in total. The highest BCUT2D eigenvalue weighted by molar-refractivity contribution is 5.79. The molecule has 0 atom stereocenters. The van der Waals surface area contributed by atoms with Crippen LogP contribution < -0.4 is 5.32 Å². The largest absolute Gasteiger partial charge is 0.372 e. The summed E-state index contributed by atoms with van der Waals surface area (Å²) in [4.78, 5) is 26.1. The molecule has 0 saturated heterocycles. The summed E-state index contributed by atoms with van der Waals surface area (Å²) >= 11 is 0. The Balaban J connectivity index is 1.58. The molecule has 0 bridgehead atoms. The fraction of sp³-hybridized carbons (Fsp3) is 0.706. The van der Waals surface area contributed by atoms with Crippen LogP contribution in [0.25, 0.3) is 0 Å². The maximum atomic E-state index is 12.5. The van der Waals surface area contributed by atoms with E-state index in [0.29, 0.717) is 25.6 Å². The predicted octanol–water partition coefficient (Wildman–Crippen LogP) is 1.07. The average Bonchev–Trinajstić information content (AvgIpc) is 2.79. The first-order valence-corrected chi connectivity index (χ1v) is 8.86. The lowest BCUT2D eigenvalue weighted by Crippen LogP contribution is -2.38. The molecule has 3 rings (SSSR count). The van der Waals surface area contributed by atoms with Crippen LogP contribution in [-0.4, -0.2) is 46.3 Å². The van der Waals surface area contributed by atoms with E-state index in [1.165, 1.54) is 6.42 Å². The van der Waals surface area contributed by atoms with E-state index in [0.717, 1.165) is 43.7 Å². The first kappa shape index (κ1) is 17.0. The molecule has 1 aliphatic heterocycles. The third kappa shape index (κ3) is 3.95. The lowest BCUT2D eigenvalue weighted by Gasteiger charge is -2.30. The number of nitrogens with one attached hydrogen (secondary N) is 1. The summed E-state index contributed by atoms with van der Waals surface area (Å²) in [5, 5.41) is 7.37. The maximum absolute atomic E-state index is 12.5. The number of carbonyl (C=O) groups is 2. The Morgan fingerprint density at radius 1 is 1.33 bits per heavy atom. The molecular weight excluding hydrogens is 308 g/mol. The summed E-state index contributed by atoms with van der Waals surface area (Å²) in [6, 6.07) is 1.99. The zero-order valence-electron chi connectivity index (χ0n) is 14.3. The molecule has 0 unspecified atom stereocenters. The Labute approximate surface area is 142 Å². The van der Waals surface area contributed by atoms with E-state index in [2.05, 4.69) is 10.4 Å². The van der Waals surface area contributed by atoms with E-state index in [-0.39, 0.29) is 18.4 Å². The molecule has 1 aromatic rings. The van der Waals surface area contributed by atoms with Crippen molar-refractivity contribution in [1.29, 1.82) is 0 Å². The van der Waals surface area contributed by atoms with Gasteiger partial charge in [-0.05, 0) is 32.3 Å². The second-order valence-electron chi connectivity index (χ2n) is 6.51. The highest BCUT2D eigenvalue weighted by Crippen LogP contribution is 2.29. The van der Waals surface area contributed by atoms with Crippen molar-refractivity contribution in [3.8, 4) is 0 Å². The second kappa shape index (κ2) is 7.79. The first-order chi connectivity index (χ1) is 11.7. The van der Waals surface area contributed by atoms with Crippen LogP contribution in [0, 0.1) is 5.92 Å². The summed E-state index contributed by atoms with van der Waals surface area (Å²) in [7, 11) is 0. The van der Waals surface area contributed by atoms with Crippen molar-refractivity contribution >= 4 is 11.8 Å². The summed E-state index contributed by atoms with van der Waals surface area (Å²) in [6.07, 6.45) is 4.16. The molecule has 0 aromatic carbocycles. The maximum Gasteiger partial charge on any atom is 0.246 e. The average molecular weight is 334 g/mol. The molecular formula is C17H26N4O3. The Hall–Kier alpha value is -1.89. The minimum absolute atomic E-state index is 0.0771. The molecule has 7 heteroatoms. The van der Waals surface area contributed by atoms with Gasteiger partial charge in [0.25, 0.3) is 0 Å². The van der Waals surface area contributed by atoms with Crippen molar-refractivity contribution in [1.82, 2.24) is 20.0 Å². The minimum Gasteiger partial charge on any atom is -0.372 e. The van der Waals surface area contributed by atoms with Gasteiger partial charge in [-0.1, -0.05) is 6.42 Å². The Morgan fingerprint density at radius 3 is 2.88 bits per heavy atom. The zero-order chi connectivity index (χ0) is 16.9. The minimum atomic E-state index is -0.137. The van der Waals surface area contributed by atoms with Crippen molar-refractivity contribution in [3.05, 3.63) is 17.5 Å². The number of hydrogen-bond donors (Lipinski definition) is 1. The smallest absolute Gasteiger partial charge is 0.246 e. The van der Waals surface area contributed by atoms with Gasteiger partial charge >= 0.3 is 0 Å². The summed E-state index contributed by atoms with van der Waals surface area (Å²) < 4.78 is 7.05. The van der Waals surface area contributed by atoms with Crippen LogP contribution in [0.2, 0.25) is 0 Å². The molecule has 2 heterocycles. The Kier molecular flexibility index (Phi) is 5.50. The van der Waals surface area contributed by atoms with E-state index in [4.69, 9.17) is 4.74 Å². The molecule has 2 amide bonds. The number of carbonyl (C=O) groups excluding carboxylic acids is 2. The SMILES string of the molecule is CCOCC(=O)NCc1cc2n(n1)CCCN(C(=O)C1CCC1)C2. The summed E-state index contributed by atoms with van der Waals surface area (Å²) in [6.45, 7) is 5.09. The fourth-order valence-corrected chi connectivity index (χ4v) is 3.14. The molecule has 132 valence electrons. The number of rotatable bonds is 6. The third-order valence-corrected chi connectivity index (χ3v) is 4.73. The summed E-state index contributed by atoms with van der Waals surface area (Å²) in [5.41, 5.74) is 1.88. The number of ether oxygens (including phenoxy) is 1. The van der Waals surface area contributed by atoms with Crippen LogP contribution in [0.15, 0.2) is 6.07 Å². The Bertz CT molecular complexity index is 595. The molecule has 1 aromatic heterocycles. The number of fused-ring (bicyclic) bond motifs is 1. The van der Waals surface area contributed by atoms with Gasteiger partial charge in [0.1, 0.15) is 6.61 Å². The quantitative estimate of drug-likeness (QED) is 0.844. The lowest BCUT2D eigenvalue weighted by atomic mass is 9.84. The van der Waals surface area contributed by atoms with Crippen LogP contribution in [-0.2, 0) is 34.0 Å². The first-order valence-electron chi connectivity index (χ1n) is 8.86. The summed E-state index contributed by atoms with van der Waals surface area (Å²) in [5.74, 6) is 0.390. The van der Waals surface area contributed by atoms with Crippen LogP contribution in [0.3, 0.4) is 0 Å². The van der Waals surface area contributed by atoms with Crippen LogP contribution >= 0.6 is 0 Å². The molecule has 1 fully saturated rings. The van der Waals surface area contributed by atoms with Gasteiger partial charge in [-0.15, -0.1) is 0 Å². The molecule has 0 spiro atoms.